The van der Waals surface area contributed by atoms with Crippen LogP contribution in [0.5, 0.6) is 0 Å². The second-order valence-corrected chi connectivity index (χ2v) is 4.61. The highest BCUT2D eigenvalue weighted by atomic mass is 19.4. The van der Waals surface area contributed by atoms with Crippen molar-refractivity contribution >= 4 is 11.6 Å². The summed E-state index contributed by atoms with van der Waals surface area (Å²) < 4.78 is 41.2. The van der Waals surface area contributed by atoms with Crippen LogP contribution in [-0.2, 0) is 16.1 Å². The first-order valence-electron chi connectivity index (χ1n) is 6.60. The van der Waals surface area contributed by atoms with Gasteiger partial charge in [-0.1, -0.05) is 12.1 Å². The van der Waals surface area contributed by atoms with E-state index in [2.05, 4.69) is 10.1 Å². The molecule has 1 atom stereocenters. The van der Waals surface area contributed by atoms with E-state index in [-0.39, 0.29) is 25.4 Å². The molecular formula is C14H19F3N2O2. The van der Waals surface area contributed by atoms with Gasteiger partial charge in [-0.25, -0.2) is 0 Å². The van der Waals surface area contributed by atoms with Crippen LogP contribution in [0.4, 0.5) is 18.9 Å². The summed E-state index contributed by atoms with van der Waals surface area (Å²) >= 11 is 0. The molecule has 0 aliphatic carbocycles. The van der Waals surface area contributed by atoms with Gasteiger partial charge in [-0.2, -0.15) is 13.2 Å². The van der Waals surface area contributed by atoms with Crippen LogP contribution in [0.15, 0.2) is 24.3 Å². The highest BCUT2D eigenvalue weighted by Crippen LogP contribution is 2.22. The average Bonchev–Trinajstić information content (AvgIpc) is 2.42. The zero-order chi connectivity index (χ0) is 15.9. The molecule has 0 fully saturated rings. The molecule has 1 unspecified atom stereocenters. The third-order valence-electron chi connectivity index (χ3n) is 2.82. The fourth-order valence-corrected chi connectivity index (χ4v) is 1.59. The molecule has 0 saturated heterocycles. The number of anilines is 1. The Labute approximate surface area is 121 Å². The van der Waals surface area contributed by atoms with E-state index < -0.39 is 12.3 Å². The summed E-state index contributed by atoms with van der Waals surface area (Å²) in [7, 11) is 0. The van der Waals surface area contributed by atoms with Gasteiger partial charge < -0.3 is 15.8 Å². The molecule has 0 bridgehead atoms. The van der Waals surface area contributed by atoms with Crippen LogP contribution >= 0.6 is 0 Å². The Kier molecular flexibility index (Phi) is 6.64. The van der Waals surface area contributed by atoms with E-state index in [4.69, 9.17) is 5.73 Å². The average molecular weight is 304 g/mol. The third-order valence-corrected chi connectivity index (χ3v) is 2.82. The van der Waals surface area contributed by atoms with Crippen LogP contribution < -0.4 is 11.1 Å². The molecular weight excluding hydrogens is 285 g/mol. The number of carbonyl (C=O) groups is 1. The van der Waals surface area contributed by atoms with Crippen LogP contribution in [0, 0.1) is 0 Å². The lowest BCUT2D eigenvalue weighted by molar-refractivity contribution is -0.214. The normalized spacial score (nSPS) is 13.0. The van der Waals surface area contributed by atoms with Crippen molar-refractivity contribution in [2.75, 3.05) is 11.9 Å². The molecule has 4 nitrogen and oxygen atoms in total. The molecule has 21 heavy (non-hydrogen) atoms. The van der Waals surface area contributed by atoms with E-state index in [1.165, 1.54) is 0 Å². The van der Waals surface area contributed by atoms with Gasteiger partial charge in [0.2, 0.25) is 5.91 Å². The molecule has 0 heterocycles. The van der Waals surface area contributed by atoms with Crippen molar-refractivity contribution in [2.24, 2.45) is 5.73 Å². The summed E-state index contributed by atoms with van der Waals surface area (Å²) in [6, 6.07) is 7.08. The number of hydrogen-bond donors (Lipinski definition) is 2. The van der Waals surface area contributed by atoms with E-state index in [0.717, 1.165) is 12.5 Å². The van der Waals surface area contributed by atoms with Crippen molar-refractivity contribution in [1.29, 1.82) is 0 Å². The fourth-order valence-electron chi connectivity index (χ4n) is 1.59. The lowest BCUT2D eigenvalue weighted by atomic mass is 10.2. The minimum atomic E-state index is -4.37. The van der Waals surface area contributed by atoms with E-state index in [1.807, 2.05) is 6.07 Å². The van der Waals surface area contributed by atoms with Gasteiger partial charge >= 0.3 is 6.18 Å². The van der Waals surface area contributed by atoms with Gasteiger partial charge in [-0.3, -0.25) is 4.79 Å². The lowest BCUT2D eigenvalue weighted by Gasteiger charge is -2.16. The third kappa shape index (κ3) is 6.59. The minimum Gasteiger partial charge on any atom is -0.369 e. The fraction of sp³-hybridized carbons (Fsp3) is 0.500. The summed E-state index contributed by atoms with van der Waals surface area (Å²) in [5, 5.41) is 2.66. The van der Waals surface area contributed by atoms with Crippen molar-refractivity contribution in [1.82, 2.24) is 0 Å². The molecule has 1 rings (SSSR count). The first-order chi connectivity index (χ1) is 9.82. The van der Waals surface area contributed by atoms with Crippen LogP contribution in [-0.4, -0.2) is 24.8 Å². The second-order valence-electron chi connectivity index (χ2n) is 4.61. The van der Waals surface area contributed by atoms with Gasteiger partial charge in [0.05, 0.1) is 0 Å². The van der Waals surface area contributed by atoms with Crippen molar-refractivity contribution < 1.29 is 22.7 Å². The Morgan fingerprint density at radius 1 is 1.43 bits per heavy atom. The molecule has 118 valence electrons. The van der Waals surface area contributed by atoms with Crippen molar-refractivity contribution in [2.45, 2.75) is 38.6 Å². The number of rotatable bonds is 7. The quantitative estimate of drug-likeness (QED) is 0.761. The van der Waals surface area contributed by atoms with Crippen molar-refractivity contribution in [3.8, 4) is 0 Å². The zero-order valence-corrected chi connectivity index (χ0v) is 11.7. The van der Waals surface area contributed by atoms with Gasteiger partial charge in [0, 0.05) is 25.3 Å². The molecule has 0 radical (unpaired) electrons. The number of ether oxygens (including phenoxy) is 1. The van der Waals surface area contributed by atoms with Crippen LogP contribution in [0.3, 0.4) is 0 Å². The molecule has 0 spiro atoms. The van der Waals surface area contributed by atoms with Gasteiger partial charge in [0.25, 0.3) is 0 Å². The van der Waals surface area contributed by atoms with Crippen LogP contribution in [0.25, 0.3) is 0 Å². The van der Waals surface area contributed by atoms with E-state index in [9.17, 15) is 18.0 Å². The number of carbonyl (C=O) groups excluding carboxylic acids is 1. The van der Waals surface area contributed by atoms with Gasteiger partial charge in [0.15, 0.2) is 6.10 Å². The van der Waals surface area contributed by atoms with Gasteiger partial charge in [-0.15, -0.1) is 0 Å². The second kappa shape index (κ2) is 7.99. The van der Waals surface area contributed by atoms with Gasteiger partial charge in [-0.05, 0) is 31.0 Å². The number of benzene rings is 1. The van der Waals surface area contributed by atoms with Crippen LogP contribution in [0.1, 0.15) is 25.3 Å². The molecule has 3 N–H and O–H groups in total. The maximum Gasteiger partial charge on any atom is 0.414 e. The SMILES string of the molecule is CC(OCCCC(=O)Nc1cccc(CN)c1)C(F)(F)F. The van der Waals surface area contributed by atoms with E-state index in [1.54, 1.807) is 18.2 Å². The number of hydrogen-bond acceptors (Lipinski definition) is 3. The summed E-state index contributed by atoms with van der Waals surface area (Å²) in [4.78, 5) is 11.6. The van der Waals surface area contributed by atoms with Crippen molar-refractivity contribution in [3.63, 3.8) is 0 Å². The minimum absolute atomic E-state index is 0.0947. The topological polar surface area (TPSA) is 64.3 Å². The molecule has 7 heteroatoms. The monoisotopic (exact) mass is 304 g/mol. The summed E-state index contributed by atoms with van der Waals surface area (Å²) in [6.45, 7) is 1.20. The summed E-state index contributed by atoms with van der Waals surface area (Å²) in [5.74, 6) is -0.271. The standard InChI is InChI=1S/C14H19F3N2O2/c1-10(14(15,16)17)21-7-3-6-13(20)19-12-5-2-4-11(8-12)9-18/h2,4-5,8,10H,3,6-7,9,18H2,1H3,(H,19,20). The number of nitrogens with two attached hydrogens (primary N) is 1. The molecule has 1 aromatic rings. The molecule has 0 aliphatic heterocycles. The molecule has 1 amide bonds. The largest absolute Gasteiger partial charge is 0.414 e. The first kappa shape index (κ1) is 17.5. The number of amides is 1. The number of halogens is 3. The Morgan fingerprint density at radius 3 is 2.76 bits per heavy atom. The Hall–Kier alpha value is -1.60. The Bertz CT molecular complexity index is 464. The smallest absolute Gasteiger partial charge is 0.369 e. The van der Waals surface area contributed by atoms with Crippen molar-refractivity contribution in [3.05, 3.63) is 29.8 Å². The first-order valence-corrected chi connectivity index (χ1v) is 6.60. The summed E-state index contributed by atoms with van der Waals surface area (Å²) in [6.07, 6.45) is -5.87. The molecule has 0 aliphatic rings. The molecule has 0 aromatic heterocycles. The predicted octanol–water partition coefficient (Wildman–Crippen LogP) is 2.83. The van der Waals surface area contributed by atoms with E-state index in [0.29, 0.717) is 12.2 Å². The number of nitrogens with one attached hydrogen (secondary N) is 1. The Morgan fingerprint density at radius 2 is 2.14 bits per heavy atom. The highest BCUT2D eigenvalue weighted by molar-refractivity contribution is 5.90. The zero-order valence-electron chi connectivity index (χ0n) is 11.7. The maximum atomic E-state index is 12.2. The molecule has 0 saturated carbocycles. The van der Waals surface area contributed by atoms with Gasteiger partial charge in [0.1, 0.15) is 0 Å². The lowest BCUT2D eigenvalue weighted by Crippen LogP contribution is -2.29. The van der Waals surface area contributed by atoms with E-state index >= 15 is 0 Å². The highest BCUT2D eigenvalue weighted by Gasteiger charge is 2.36. The Balaban J connectivity index is 2.28. The van der Waals surface area contributed by atoms with Crippen LogP contribution in [0.2, 0.25) is 0 Å². The predicted molar refractivity (Wildman–Crippen MR) is 73.7 cm³/mol. The number of alkyl halides is 3. The molecule has 1 aromatic carbocycles. The summed E-state index contributed by atoms with van der Waals surface area (Å²) in [5.41, 5.74) is 6.99. The maximum absolute atomic E-state index is 12.2.